The second-order valence-electron chi connectivity index (χ2n) is 5.30. The van der Waals surface area contributed by atoms with E-state index >= 15 is 0 Å². The van der Waals surface area contributed by atoms with Crippen LogP contribution in [0.25, 0.3) is 10.9 Å². The lowest BCUT2D eigenvalue weighted by Crippen LogP contribution is -2.36. The van der Waals surface area contributed by atoms with Gasteiger partial charge >= 0.3 is 0 Å². The highest BCUT2D eigenvalue weighted by Gasteiger charge is 2.18. The van der Waals surface area contributed by atoms with E-state index in [2.05, 4.69) is 29.5 Å². The molecule has 1 saturated heterocycles. The molecule has 0 unspecified atom stereocenters. The lowest BCUT2D eigenvalue weighted by atomic mass is 10.1. The van der Waals surface area contributed by atoms with Gasteiger partial charge < -0.3 is 15.6 Å². The van der Waals surface area contributed by atoms with Crippen molar-refractivity contribution in [1.82, 2.24) is 15.6 Å². The van der Waals surface area contributed by atoms with E-state index in [4.69, 9.17) is 0 Å². The number of aryl methyl sites for hydroxylation is 2. The molecule has 0 spiro atoms. The molecule has 0 bridgehead atoms. The molecule has 2 aromatic rings. The average Bonchev–Trinajstić information content (AvgIpc) is 2.99. The Hall–Kier alpha value is -1.81. The predicted octanol–water partition coefficient (Wildman–Crippen LogP) is 1.88. The van der Waals surface area contributed by atoms with Gasteiger partial charge in [-0.05, 0) is 50.6 Å². The summed E-state index contributed by atoms with van der Waals surface area (Å²) in [6.07, 6.45) is 1.01. The molecule has 1 atom stereocenters. The van der Waals surface area contributed by atoms with E-state index < -0.39 is 0 Å². The molecule has 19 heavy (non-hydrogen) atoms. The van der Waals surface area contributed by atoms with E-state index in [1.165, 1.54) is 5.56 Å². The van der Waals surface area contributed by atoms with Gasteiger partial charge in [0.2, 0.25) is 0 Å². The smallest absolute Gasteiger partial charge is 0.251 e. The average molecular weight is 257 g/mol. The van der Waals surface area contributed by atoms with Gasteiger partial charge in [0, 0.05) is 34.7 Å². The molecule has 3 rings (SSSR count). The molecule has 2 heterocycles. The third kappa shape index (κ3) is 2.24. The van der Waals surface area contributed by atoms with E-state index in [1.54, 1.807) is 0 Å². The molecule has 1 aliphatic rings. The molecule has 1 aromatic carbocycles. The Kier molecular flexibility index (Phi) is 3.03. The number of aromatic nitrogens is 1. The largest absolute Gasteiger partial charge is 0.358 e. The molecule has 1 aliphatic heterocycles. The van der Waals surface area contributed by atoms with Crippen molar-refractivity contribution >= 4 is 16.8 Å². The van der Waals surface area contributed by atoms with Crippen molar-refractivity contribution < 1.29 is 4.79 Å². The monoisotopic (exact) mass is 257 g/mol. The molecule has 1 fully saturated rings. The first kappa shape index (κ1) is 12.2. The number of rotatable bonds is 2. The normalized spacial score (nSPS) is 18.9. The first-order valence-electron chi connectivity index (χ1n) is 6.75. The van der Waals surface area contributed by atoms with Gasteiger partial charge in [-0.3, -0.25) is 4.79 Å². The highest BCUT2D eigenvalue weighted by atomic mass is 16.1. The summed E-state index contributed by atoms with van der Waals surface area (Å²) in [7, 11) is 0. The Balaban J connectivity index is 1.87. The van der Waals surface area contributed by atoms with Crippen molar-refractivity contribution in [2.24, 2.45) is 0 Å². The fourth-order valence-electron chi connectivity index (χ4n) is 2.65. The van der Waals surface area contributed by atoms with Gasteiger partial charge in [-0.25, -0.2) is 0 Å². The topological polar surface area (TPSA) is 56.9 Å². The molecule has 0 radical (unpaired) electrons. The number of H-pyrrole nitrogens is 1. The van der Waals surface area contributed by atoms with E-state index in [0.717, 1.165) is 41.7 Å². The van der Waals surface area contributed by atoms with Crippen LogP contribution in [0.15, 0.2) is 18.2 Å². The van der Waals surface area contributed by atoms with Gasteiger partial charge in [0.15, 0.2) is 0 Å². The van der Waals surface area contributed by atoms with Gasteiger partial charge in [-0.15, -0.1) is 0 Å². The van der Waals surface area contributed by atoms with Crippen molar-refractivity contribution in [1.29, 1.82) is 0 Å². The minimum atomic E-state index is 0.0221. The van der Waals surface area contributed by atoms with Crippen molar-refractivity contribution in [3.05, 3.63) is 35.0 Å². The zero-order valence-corrected chi connectivity index (χ0v) is 11.3. The van der Waals surface area contributed by atoms with E-state index in [0.29, 0.717) is 0 Å². The number of aromatic amines is 1. The van der Waals surface area contributed by atoms with Gasteiger partial charge in [0.25, 0.3) is 5.91 Å². The number of carbonyl (C=O) groups is 1. The number of hydrogen-bond donors (Lipinski definition) is 3. The minimum Gasteiger partial charge on any atom is -0.358 e. The second-order valence-corrected chi connectivity index (χ2v) is 5.30. The van der Waals surface area contributed by atoms with Gasteiger partial charge in [-0.2, -0.15) is 0 Å². The summed E-state index contributed by atoms with van der Waals surface area (Å²) in [5, 5.41) is 7.46. The maximum atomic E-state index is 12.2. The van der Waals surface area contributed by atoms with Crippen LogP contribution in [0.4, 0.5) is 0 Å². The van der Waals surface area contributed by atoms with Crippen LogP contribution in [0, 0.1) is 13.8 Å². The molecule has 0 aliphatic carbocycles. The van der Waals surface area contributed by atoms with E-state index in [1.807, 2.05) is 18.2 Å². The van der Waals surface area contributed by atoms with Gasteiger partial charge in [0.1, 0.15) is 0 Å². The highest BCUT2D eigenvalue weighted by molar-refractivity contribution is 5.99. The van der Waals surface area contributed by atoms with Crippen LogP contribution >= 0.6 is 0 Å². The molecular weight excluding hydrogens is 238 g/mol. The third-order valence-corrected chi connectivity index (χ3v) is 3.97. The summed E-state index contributed by atoms with van der Waals surface area (Å²) in [6.45, 7) is 5.99. The third-order valence-electron chi connectivity index (χ3n) is 3.97. The van der Waals surface area contributed by atoms with Crippen LogP contribution < -0.4 is 10.6 Å². The summed E-state index contributed by atoms with van der Waals surface area (Å²) in [5.74, 6) is 0.0221. The molecule has 0 saturated carbocycles. The number of benzene rings is 1. The van der Waals surface area contributed by atoms with Crippen molar-refractivity contribution in [2.75, 3.05) is 13.1 Å². The fraction of sp³-hybridized carbons (Fsp3) is 0.400. The maximum Gasteiger partial charge on any atom is 0.251 e. The number of nitrogens with one attached hydrogen (secondary N) is 3. The summed E-state index contributed by atoms with van der Waals surface area (Å²) in [4.78, 5) is 15.5. The molecule has 4 nitrogen and oxygen atoms in total. The maximum absolute atomic E-state index is 12.2. The Morgan fingerprint density at radius 1 is 1.37 bits per heavy atom. The number of carbonyl (C=O) groups excluding carboxylic acids is 1. The summed E-state index contributed by atoms with van der Waals surface area (Å²) in [6, 6.07) is 6.11. The zero-order valence-electron chi connectivity index (χ0n) is 11.3. The van der Waals surface area contributed by atoms with Gasteiger partial charge in [0.05, 0.1) is 0 Å². The highest BCUT2D eigenvalue weighted by Crippen LogP contribution is 2.22. The van der Waals surface area contributed by atoms with Crippen molar-refractivity contribution in [3.63, 3.8) is 0 Å². The number of hydrogen-bond acceptors (Lipinski definition) is 2. The van der Waals surface area contributed by atoms with Crippen LogP contribution in [-0.2, 0) is 0 Å². The fourth-order valence-corrected chi connectivity index (χ4v) is 2.65. The molecule has 4 heteroatoms. The van der Waals surface area contributed by atoms with Gasteiger partial charge in [-0.1, -0.05) is 0 Å². The van der Waals surface area contributed by atoms with Crippen LogP contribution in [0.5, 0.6) is 0 Å². The Morgan fingerprint density at radius 2 is 2.21 bits per heavy atom. The zero-order chi connectivity index (χ0) is 13.4. The van der Waals surface area contributed by atoms with Crippen molar-refractivity contribution in [2.45, 2.75) is 26.3 Å². The predicted molar refractivity (Wildman–Crippen MR) is 76.5 cm³/mol. The van der Waals surface area contributed by atoms with Crippen LogP contribution in [0.1, 0.15) is 28.0 Å². The summed E-state index contributed by atoms with van der Waals surface area (Å²) in [5.41, 5.74) is 4.20. The molecular formula is C15H19N3O. The quantitative estimate of drug-likeness (QED) is 0.769. The Morgan fingerprint density at radius 3 is 2.95 bits per heavy atom. The summed E-state index contributed by atoms with van der Waals surface area (Å²) >= 11 is 0. The Labute approximate surface area is 112 Å². The number of amides is 1. The molecule has 100 valence electrons. The first-order valence-corrected chi connectivity index (χ1v) is 6.75. The minimum absolute atomic E-state index is 0.0221. The molecule has 3 N–H and O–H groups in total. The molecule has 1 amide bonds. The van der Waals surface area contributed by atoms with Crippen LogP contribution in [0.2, 0.25) is 0 Å². The van der Waals surface area contributed by atoms with Crippen molar-refractivity contribution in [3.8, 4) is 0 Å². The lowest BCUT2D eigenvalue weighted by molar-refractivity contribution is 0.0940. The van der Waals surface area contributed by atoms with Crippen LogP contribution in [0.3, 0.4) is 0 Å². The summed E-state index contributed by atoms with van der Waals surface area (Å²) < 4.78 is 0. The van der Waals surface area contributed by atoms with E-state index in [-0.39, 0.29) is 11.9 Å². The van der Waals surface area contributed by atoms with Crippen LogP contribution in [-0.4, -0.2) is 30.0 Å². The van der Waals surface area contributed by atoms with E-state index in [9.17, 15) is 4.79 Å². The first-order chi connectivity index (χ1) is 9.15. The SMILES string of the molecule is Cc1[nH]c2ccc(C(=O)N[C@H]3CCNC3)cc2c1C. The lowest BCUT2D eigenvalue weighted by Gasteiger charge is -2.11. The molecule has 1 aromatic heterocycles. The number of fused-ring (bicyclic) bond motifs is 1. The standard InChI is InChI=1S/C15H19N3O/c1-9-10(2)17-14-4-3-11(7-13(9)14)15(19)18-12-5-6-16-8-12/h3-4,7,12,16-17H,5-6,8H2,1-2H3,(H,18,19)/t12-/m0/s1. The Bertz CT molecular complexity index is 624. The second kappa shape index (κ2) is 4.70.